The van der Waals surface area contributed by atoms with Crippen molar-refractivity contribution in [3.05, 3.63) is 17.8 Å². The van der Waals surface area contributed by atoms with Gasteiger partial charge in [0.2, 0.25) is 0 Å². The summed E-state index contributed by atoms with van der Waals surface area (Å²) in [6.45, 7) is 6.06. The minimum Gasteiger partial charge on any atom is -0.464 e. The highest BCUT2D eigenvalue weighted by atomic mass is 16.5. The van der Waals surface area contributed by atoms with Crippen molar-refractivity contribution in [2.75, 3.05) is 58.3 Å². The molecule has 0 aromatic carbocycles. The number of aromatic nitrogens is 2. The molecule has 1 saturated carbocycles. The van der Waals surface area contributed by atoms with Crippen LogP contribution in [0, 0.1) is 11.8 Å². The average Bonchev–Trinajstić information content (AvgIpc) is 3.10. The molecule has 8 heteroatoms. The largest absolute Gasteiger partial charge is 0.464 e. The Hall–Kier alpha value is -1.77. The maximum Gasteiger partial charge on any atom is 0.358 e. The number of methoxy groups -OCH3 is 1. The zero-order valence-corrected chi connectivity index (χ0v) is 16.1. The van der Waals surface area contributed by atoms with Crippen LogP contribution in [0.3, 0.4) is 0 Å². The van der Waals surface area contributed by atoms with E-state index >= 15 is 0 Å². The van der Waals surface area contributed by atoms with Gasteiger partial charge in [-0.15, -0.1) is 10.2 Å². The number of carbonyl (C=O) groups is 1. The van der Waals surface area contributed by atoms with E-state index in [9.17, 15) is 9.90 Å². The van der Waals surface area contributed by atoms with Crippen LogP contribution in [0.5, 0.6) is 0 Å². The van der Waals surface area contributed by atoms with Gasteiger partial charge < -0.3 is 19.6 Å². The molecule has 1 N–H and O–H groups in total. The van der Waals surface area contributed by atoms with Crippen molar-refractivity contribution in [1.29, 1.82) is 0 Å². The van der Waals surface area contributed by atoms with Gasteiger partial charge in [0.1, 0.15) is 0 Å². The fourth-order valence-corrected chi connectivity index (χ4v) is 4.85. The second-order valence-electron chi connectivity index (χ2n) is 8.14. The Balaban J connectivity index is 1.40. The summed E-state index contributed by atoms with van der Waals surface area (Å²) in [4.78, 5) is 18.6. The van der Waals surface area contributed by atoms with Crippen molar-refractivity contribution < 1.29 is 14.6 Å². The fraction of sp³-hybridized carbons (Fsp3) is 0.737. The highest BCUT2D eigenvalue weighted by Crippen LogP contribution is 2.39. The molecule has 27 heavy (non-hydrogen) atoms. The van der Waals surface area contributed by atoms with E-state index in [1.54, 1.807) is 6.07 Å². The molecule has 3 fully saturated rings. The van der Waals surface area contributed by atoms with Gasteiger partial charge in [-0.1, -0.05) is 0 Å². The molecule has 148 valence electrons. The third-order valence-electron chi connectivity index (χ3n) is 6.48. The normalized spacial score (nSPS) is 32.3. The van der Waals surface area contributed by atoms with Gasteiger partial charge >= 0.3 is 5.97 Å². The monoisotopic (exact) mass is 375 g/mol. The summed E-state index contributed by atoms with van der Waals surface area (Å²) in [6, 6.07) is 3.77. The number of hydrogen-bond donors (Lipinski definition) is 1. The van der Waals surface area contributed by atoms with Crippen molar-refractivity contribution in [3.63, 3.8) is 0 Å². The maximum atomic E-state index is 11.5. The highest BCUT2D eigenvalue weighted by molar-refractivity contribution is 5.86. The summed E-state index contributed by atoms with van der Waals surface area (Å²) in [5.41, 5.74) is 0.225. The predicted octanol–water partition coefficient (Wildman–Crippen LogP) is 0.0863. The minimum absolute atomic E-state index is 0.225. The molecule has 4 atom stereocenters. The Morgan fingerprint density at radius 3 is 2.44 bits per heavy atom. The van der Waals surface area contributed by atoms with E-state index in [4.69, 9.17) is 0 Å². The lowest BCUT2D eigenvalue weighted by molar-refractivity contribution is -0.0249. The number of anilines is 1. The predicted molar refractivity (Wildman–Crippen MR) is 101 cm³/mol. The quantitative estimate of drug-likeness (QED) is 0.745. The summed E-state index contributed by atoms with van der Waals surface area (Å²) in [5.74, 6) is 1.39. The molecule has 3 heterocycles. The molecule has 0 unspecified atom stereocenters. The molecular formula is C19H29N5O3. The third-order valence-corrected chi connectivity index (χ3v) is 6.48. The summed E-state index contributed by atoms with van der Waals surface area (Å²) in [6.07, 6.45) is 1.65. The van der Waals surface area contributed by atoms with E-state index in [1.807, 2.05) is 6.07 Å². The first-order valence-electron chi connectivity index (χ1n) is 9.83. The molecule has 8 nitrogen and oxygen atoms in total. The van der Waals surface area contributed by atoms with Gasteiger partial charge in [-0.25, -0.2) is 4.79 Å². The van der Waals surface area contributed by atoms with E-state index < -0.39 is 5.97 Å². The fourth-order valence-electron chi connectivity index (χ4n) is 4.85. The summed E-state index contributed by atoms with van der Waals surface area (Å²) in [7, 11) is 3.50. The first-order chi connectivity index (χ1) is 13.0. The van der Waals surface area contributed by atoms with Crippen molar-refractivity contribution in [2.24, 2.45) is 11.8 Å². The summed E-state index contributed by atoms with van der Waals surface area (Å²) in [5, 5.41) is 19.0. The van der Waals surface area contributed by atoms with Crippen molar-refractivity contribution in [3.8, 4) is 0 Å². The molecule has 1 aliphatic carbocycles. The molecule has 1 aromatic rings. The van der Waals surface area contributed by atoms with Crippen LogP contribution in [0.25, 0.3) is 0 Å². The number of carbonyl (C=O) groups excluding carboxylic acids is 1. The zero-order chi connectivity index (χ0) is 19.0. The van der Waals surface area contributed by atoms with Crippen LogP contribution in [0.1, 0.15) is 23.3 Å². The number of ether oxygens (including phenoxy) is 1. The van der Waals surface area contributed by atoms with Crippen molar-refractivity contribution in [1.82, 2.24) is 20.0 Å². The van der Waals surface area contributed by atoms with Crippen LogP contribution < -0.4 is 4.90 Å². The second-order valence-corrected chi connectivity index (χ2v) is 8.14. The Labute approximate surface area is 160 Å². The summed E-state index contributed by atoms with van der Waals surface area (Å²) >= 11 is 0. The molecular weight excluding hydrogens is 346 g/mol. The lowest BCUT2D eigenvalue weighted by Crippen LogP contribution is -2.55. The van der Waals surface area contributed by atoms with Crippen LogP contribution in [-0.2, 0) is 4.74 Å². The third kappa shape index (κ3) is 3.79. The van der Waals surface area contributed by atoms with E-state index in [1.165, 1.54) is 7.11 Å². The number of fused-ring (bicyclic) bond motifs is 1. The Kier molecular flexibility index (Phi) is 5.29. The Morgan fingerprint density at radius 2 is 1.81 bits per heavy atom. The van der Waals surface area contributed by atoms with Crippen LogP contribution in [-0.4, -0.2) is 96.6 Å². The molecule has 2 aliphatic heterocycles. The lowest BCUT2D eigenvalue weighted by Gasteiger charge is -2.44. The number of aliphatic hydroxyl groups excluding tert-OH is 1. The molecule has 2 saturated heterocycles. The van der Waals surface area contributed by atoms with Crippen LogP contribution in [0.2, 0.25) is 0 Å². The van der Waals surface area contributed by atoms with E-state index in [-0.39, 0.29) is 17.8 Å². The van der Waals surface area contributed by atoms with Gasteiger partial charge in [-0.05, 0) is 43.9 Å². The SMILES string of the molecule is COC(=O)c1ccc(N2C[C@H]3C[C@@H](N4CCN(C)CC4)[C@H](O)C[C@H]3C2)nn1. The topological polar surface area (TPSA) is 82.0 Å². The van der Waals surface area contributed by atoms with Gasteiger partial charge in [0.05, 0.1) is 13.2 Å². The molecule has 0 bridgehead atoms. The van der Waals surface area contributed by atoms with Crippen LogP contribution >= 0.6 is 0 Å². The Bertz CT molecular complexity index is 662. The molecule has 4 rings (SSSR count). The molecule has 1 aromatic heterocycles. The van der Waals surface area contributed by atoms with Gasteiger partial charge in [0, 0.05) is 45.3 Å². The maximum absolute atomic E-state index is 11.5. The van der Waals surface area contributed by atoms with Crippen molar-refractivity contribution in [2.45, 2.75) is 25.0 Å². The van der Waals surface area contributed by atoms with Crippen molar-refractivity contribution >= 4 is 11.8 Å². The summed E-state index contributed by atoms with van der Waals surface area (Å²) < 4.78 is 4.68. The number of hydrogen-bond acceptors (Lipinski definition) is 8. The van der Waals surface area contributed by atoms with Crippen LogP contribution in [0.4, 0.5) is 5.82 Å². The van der Waals surface area contributed by atoms with E-state index in [0.29, 0.717) is 11.8 Å². The number of nitrogens with zero attached hydrogens (tertiary/aromatic N) is 5. The number of piperazine rings is 1. The minimum atomic E-state index is -0.470. The first kappa shape index (κ1) is 18.6. The molecule has 0 amide bonds. The van der Waals surface area contributed by atoms with E-state index in [0.717, 1.165) is 57.9 Å². The first-order valence-corrected chi connectivity index (χ1v) is 9.83. The molecule has 0 spiro atoms. The van der Waals surface area contributed by atoms with E-state index in [2.05, 4.69) is 36.7 Å². The van der Waals surface area contributed by atoms with Gasteiger partial charge in [-0.2, -0.15) is 0 Å². The van der Waals surface area contributed by atoms with Gasteiger partial charge in [0.15, 0.2) is 11.5 Å². The van der Waals surface area contributed by atoms with Gasteiger partial charge in [-0.3, -0.25) is 4.90 Å². The zero-order valence-electron chi connectivity index (χ0n) is 16.1. The Morgan fingerprint density at radius 1 is 1.11 bits per heavy atom. The number of likely N-dealkylation sites (N-methyl/N-ethyl adjacent to an activating group) is 1. The highest BCUT2D eigenvalue weighted by Gasteiger charge is 2.44. The standard InChI is InChI=1S/C19H29N5O3/c1-22-5-7-23(8-6-22)16-9-13-11-24(12-14(13)10-17(16)25)18-4-3-15(20-21-18)19(26)27-2/h3-4,13-14,16-17,25H,5-12H2,1-2H3/t13-,14+,16-,17-/m1/s1. The molecule has 3 aliphatic rings. The lowest BCUT2D eigenvalue weighted by atomic mass is 9.77. The average molecular weight is 375 g/mol. The second kappa shape index (κ2) is 7.69. The smallest absolute Gasteiger partial charge is 0.358 e. The molecule has 0 radical (unpaired) electrons. The number of rotatable bonds is 3. The van der Waals surface area contributed by atoms with Crippen LogP contribution in [0.15, 0.2) is 12.1 Å². The van der Waals surface area contributed by atoms with Gasteiger partial charge in [0.25, 0.3) is 0 Å². The number of aliphatic hydroxyl groups is 1. The number of esters is 1.